The van der Waals surface area contributed by atoms with Gasteiger partial charge >= 0.3 is 0 Å². The molecular formula is C61H39N. The molecule has 62 heavy (non-hydrogen) atoms. The Bertz CT molecular complexity index is 3250. The fourth-order valence-corrected chi connectivity index (χ4v) is 11.6. The van der Waals surface area contributed by atoms with E-state index >= 15 is 0 Å². The lowest BCUT2D eigenvalue weighted by atomic mass is 9.51. The van der Waals surface area contributed by atoms with E-state index in [1.165, 1.54) is 83.5 Å². The first-order chi connectivity index (χ1) is 30.8. The van der Waals surface area contributed by atoms with Crippen molar-refractivity contribution in [2.45, 2.75) is 10.8 Å². The van der Waals surface area contributed by atoms with Crippen molar-refractivity contribution in [3.63, 3.8) is 0 Å². The van der Waals surface area contributed by atoms with Crippen molar-refractivity contribution in [2.75, 3.05) is 0 Å². The van der Waals surface area contributed by atoms with Crippen LogP contribution < -0.4 is 0 Å². The molecule has 0 saturated heterocycles. The summed E-state index contributed by atoms with van der Waals surface area (Å²) in [6, 6.07) is 87.8. The number of rotatable bonds is 4. The van der Waals surface area contributed by atoms with E-state index in [2.05, 4.69) is 237 Å². The van der Waals surface area contributed by atoms with Gasteiger partial charge in [0.2, 0.25) is 0 Å². The van der Waals surface area contributed by atoms with Gasteiger partial charge in [-0.1, -0.05) is 224 Å². The van der Waals surface area contributed by atoms with Crippen LogP contribution in [0.5, 0.6) is 0 Å². The minimum absolute atomic E-state index is 0.525. The molecule has 0 bridgehead atoms. The summed E-state index contributed by atoms with van der Waals surface area (Å²) in [5, 5.41) is 0. The maximum Gasteiger partial charge on any atom is 0.0725 e. The van der Waals surface area contributed by atoms with E-state index in [9.17, 15) is 0 Å². The van der Waals surface area contributed by atoms with Crippen molar-refractivity contribution in [3.05, 3.63) is 281 Å². The smallest absolute Gasteiger partial charge is 0.0725 e. The predicted molar refractivity (Wildman–Crippen MR) is 254 cm³/mol. The van der Waals surface area contributed by atoms with Crippen molar-refractivity contribution in [1.82, 2.24) is 4.98 Å². The van der Waals surface area contributed by atoms with Gasteiger partial charge in [-0.2, -0.15) is 0 Å². The number of fused-ring (bicyclic) bond motifs is 16. The van der Waals surface area contributed by atoms with E-state index in [0.717, 1.165) is 28.1 Å². The average Bonchev–Trinajstić information content (AvgIpc) is 3.82. The van der Waals surface area contributed by atoms with Crippen LogP contribution in [0.3, 0.4) is 0 Å². The van der Waals surface area contributed by atoms with E-state index in [4.69, 9.17) is 4.98 Å². The molecule has 3 aliphatic rings. The van der Waals surface area contributed by atoms with Crippen molar-refractivity contribution in [3.8, 4) is 67.0 Å². The van der Waals surface area contributed by atoms with Crippen LogP contribution in [-0.4, -0.2) is 4.98 Å². The Morgan fingerprint density at radius 2 is 0.581 bits per heavy atom. The SMILES string of the molecule is c1ccc(-c2cc(-c3ccccc3)nc(-c3ccc(-c4cccc5c4C4(c6ccccc6-c6ccccc64)c4ccccc4C54c5ccccc5-c5ccccc54)cc3)c2)cc1. The van der Waals surface area contributed by atoms with Crippen LogP contribution >= 0.6 is 0 Å². The van der Waals surface area contributed by atoms with E-state index in [1.54, 1.807) is 0 Å². The molecule has 1 heterocycles. The molecule has 10 aromatic rings. The van der Waals surface area contributed by atoms with Crippen molar-refractivity contribution >= 4 is 0 Å². The normalized spacial score (nSPS) is 14.1. The largest absolute Gasteiger partial charge is 0.248 e. The summed E-state index contributed by atoms with van der Waals surface area (Å²) >= 11 is 0. The second kappa shape index (κ2) is 13.3. The molecule has 0 radical (unpaired) electrons. The highest BCUT2D eigenvalue weighted by Crippen LogP contribution is 2.68. The summed E-state index contributed by atoms with van der Waals surface area (Å²) in [4.78, 5) is 5.30. The monoisotopic (exact) mass is 785 g/mol. The molecule has 0 atom stereocenters. The molecule has 0 N–H and O–H groups in total. The zero-order chi connectivity index (χ0) is 40.8. The van der Waals surface area contributed by atoms with Gasteiger partial charge in [-0.15, -0.1) is 0 Å². The van der Waals surface area contributed by atoms with Gasteiger partial charge in [0.05, 0.1) is 22.2 Å². The van der Waals surface area contributed by atoms with E-state index in [0.29, 0.717) is 0 Å². The summed E-state index contributed by atoms with van der Waals surface area (Å²) in [6.45, 7) is 0. The topological polar surface area (TPSA) is 12.9 Å². The van der Waals surface area contributed by atoms with Crippen molar-refractivity contribution < 1.29 is 0 Å². The van der Waals surface area contributed by atoms with Gasteiger partial charge < -0.3 is 0 Å². The Morgan fingerprint density at radius 1 is 0.226 bits per heavy atom. The van der Waals surface area contributed by atoms with Gasteiger partial charge in [-0.05, 0) is 101 Å². The van der Waals surface area contributed by atoms with Crippen LogP contribution in [0.4, 0.5) is 0 Å². The molecule has 3 aliphatic carbocycles. The van der Waals surface area contributed by atoms with Gasteiger partial charge in [0, 0.05) is 11.1 Å². The fourth-order valence-electron chi connectivity index (χ4n) is 11.6. The Labute approximate surface area is 362 Å². The molecule has 0 fully saturated rings. The number of benzene rings is 9. The number of hydrogen-bond acceptors (Lipinski definition) is 1. The number of hydrogen-bond donors (Lipinski definition) is 0. The maximum absolute atomic E-state index is 5.30. The quantitative estimate of drug-likeness (QED) is 0.173. The third-order valence-corrected chi connectivity index (χ3v) is 14.0. The molecule has 13 rings (SSSR count). The Hall–Kier alpha value is -7.87. The number of pyridine rings is 1. The Kier molecular flexibility index (Phi) is 7.50. The van der Waals surface area contributed by atoms with Crippen molar-refractivity contribution in [1.29, 1.82) is 0 Å². The Morgan fingerprint density at radius 3 is 1.10 bits per heavy atom. The third kappa shape index (κ3) is 4.65. The van der Waals surface area contributed by atoms with Gasteiger partial charge in [-0.25, -0.2) is 4.98 Å². The molecule has 1 nitrogen and oxygen atoms in total. The maximum atomic E-state index is 5.30. The molecule has 0 unspecified atom stereocenters. The second-order valence-corrected chi connectivity index (χ2v) is 16.9. The highest BCUT2D eigenvalue weighted by molar-refractivity contribution is 5.96. The van der Waals surface area contributed by atoms with Crippen LogP contribution in [0.25, 0.3) is 67.0 Å². The van der Waals surface area contributed by atoms with Crippen LogP contribution in [0.2, 0.25) is 0 Å². The molecule has 9 aromatic carbocycles. The van der Waals surface area contributed by atoms with E-state index < -0.39 is 10.8 Å². The summed E-state index contributed by atoms with van der Waals surface area (Å²) in [5.74, 6) is 0. The van der Waals surface area contributed by atoms with Crippen LogP contribution in [0.1, 0.15) is 44.5 Å². The van der Waals surface area contributed by atoms with Crippen LogP contribution in [-0.2, 0) is 10.8 Å². The fraction of sp³-hybridized carbons (Fsp3) is 0.0328. The number of nitrogens with zero attached hydrogens (tertiary/aromatic N) is 1. The van der Waals surface area contributed by atoms with E-state index in [-0.39, 0.29) is 0 Å². The van der Waals surface area contributed by atoms with Crippen LogP contribution in [0, 0.1) is 0 Å². The highest BCUT2D eigenvalue weighted by atomic mass is 14.7. The molecule has 0 aliphatic heterocycles. The lowest BCUT2D eigenvalue weighted by molar-refractivity contribution is 0.634. The molecule has 1 heteroatoms. The van der Waals surface area contributed by atoms with Gasteiger partial charge in [0.1, 0.15) is 0 Å². The highest BCUT2D eigenvalue weighted by Gasteiger charge is 2.59. The average molecular weight is 786 g/mol. The van der Waals surface area contributed by atoms with Crippen molar-refractivity contribution in [2.24, 2.45) is 0 Å². The minimum Gasteiger partial charge on any atom is -0.248 e. The molecule has 0 amide bonds. The first-order valence-electron chi connectivity index (χ1n) is 21.6. The summed E-state index contributed by atoms with van der Waals surface area (Å²) in [6.07, 6.45) is 0. The Balaban J connectivity index is 1.09. The lowest BCUT2D eigenvalue weighted by Crippen LogP contribution is -2.44. The zero-order valence-corrected chi connectivity index (χ0v) is 34.0. The molecule has 288 valence electrons. The zero-order valence-electron chi connectivity index (χ0n) is 34.0. The second-order valence-electron chi connectivity index (χ2n) is 16.9. The molecule has 2 spiro atoms. The van der Waals surface area contributed by atoms with Gasteiger partial charge in [0.25, 0.3) is 0 Å². The summed E-state index contributed by atoms with van der Waals surface area (Å²) < 4.78 is 0. The molecular weight excluding hydrogens is 747 g/mol. The van der Waals surface area contributed by atoms with Gasteiger partial charge in [0.15, 0.2) is 0 Å². The summed E-state index contributed by atoms with van der Waals surface area (Å²) in [7, 11) is 0. The predicted octanol–water partition coefficient (Wildman–Crippen LogP) is 14.8. The summed E-state index contributed by atoms with van der Waals surface area (Å²) in [5.41, 5.74) is 23.7. The first-order valence-corrected chi connectivity index (χ1v) is 21.6. The first kappa shape index (κ1) is 34.9. The minimum atomic E-state index is -0.567. The standard InChI is InChI=1S/C61H39N/c1-3-18-40(19-4-1)44-38-57(42-20-5-2-6-21-42)62-58(39-44)43-36-34-41(35-37-43)45-26-17-33-56-59(45)61(52-29-13-9-24-48(52)49-25-10-14-30-53(49)61)55-32-16-15-31-54(55)60(56)50-27-11-7-22-46(50)47-23-8-12-28-51(47)60/h1-39H. The van der Waals surface area contributed by atoms with Crippen LogP contribution in [0.15, 0.2) is 237 Å². The van der Waals surface area contributed by atoms with E-state index in [1.807, 2.05) is 0 Å². The molecule has 1 aromatic heterocycles. The van der Waals surface area contributed by atoms with Gasteiger partial charge in [-0.3, -0.25) is 0 Å². The third-order valence-electron chi connectivity index (χ3n) is 14.0. The number of aromatic nitrogens is 1. The molecule has 0 saturated carbocycles. The lowest BCUT2D eigenvalue weighted by Gasteiger charge is -2.49.